The van der Waals surface area contributed by atoms with Gasteiger partial charge in [0.05, 0.1) is 6.04 Å². The summed E-state index contributed by atoms with van der Waals surface area (Å²) in [7, 11) is 2.03. The van der Waals surface area contributed by atoms with Gasteiger partial charge in [-0.05, 0) is 39.3 Å². The minimum absolute atomic E-state index is 0.158. The minimum Gasteiger partial charge on any atom is -0.352 e. The first-order valence-electron chi connectivity index (χ1n) is 4.78. The third kappa shape index (κ3) is 1.61. The number of likely N-dealkylation sites (N-methyl/N-ethyl adjacent to an activating group) is 1. The Morgan fingerprint density at radius 3 is 2.67 bits per heavy atom. The van der Waals surface area contributed by atoms with Gasteiger partial charge in [0.2, 0.25) is 5.91 Å². The highest BCUT2D eigenvalue weighted by Gasteiger charge is 2.31. The second-order valence-electron chi connectivity index (χ2n) is 3.92. The molecule has 1 aliphatic heterocycles. The summed E-state index contributed by atoms with van der Waals surface area (Å²) < 4.78 is 0. The molecule has 2 aliphatic rings. The van der Waals surface area contributed by atoms with E-state index >= 15 is 0 Å². The SMILES string of the molecule is CN1CCCC1C(=O)NC1CC1. The molecule has 1 heterocycles. The van der Waals surface area contributed by atoms with Crippen molar-refractivity contribution < 1.29 is 4.79 Å². The number of nitrogens with one attached hydrogen (secondary N) is 1. The summed E-state index contributed by atoms with van der Waals surface area (Å²) in [5.41, 5.74) is 0. The summed E-state index contributed by atoms with van der Waals surface area (Å²) >= 11 is 0. The molecular formula is C9H16N2O. The van der Waals surface area contributed by atoms with Crippen LogP contribution in [0.5, 0.6) is 0 Å². The van der Waals surface area contributed by atoms with E-state index in [4.69, 9.17) is 0 Å². The summed E-state index contributed by atoms with van der Waals surface area (Å²) in [4.78, 5) is 13.7. The quantitative estimate of drug-likeness (QED) is 0.645. The van der Waals surface area contributed by atoms with Crippen molar-refractivity contribution in [3.05, 3.63) is 0 Å². The van der Waals surface area contributed by atoms with Gasteiger partial charge in [0.1, 0.15) is 0 Å². The topological polar surface area (TPSA) is 32.3 Å². The Labute approximate surface area is 73.1 Å². The number of carbonyl (C=O) groups excluding carboxylic acids is 1. The monoisotopic (exact) mass is 168 g/mol. The zero-order chi connectivity index (χ0) is 8.55. The summed E-state index contributed by atoms with van der Waals surface area (Å²) in [6.07, 6.45) is 4.57. The number of hydrogen-bond acceptors (Lipinski definition) is 2. The Hall–Kier alpha value is -0.570. The highest BCUT2D eigenvalue weighted by Crippen LogP contribution is 2.21. The normalized spacial score (nSPS) is 30.6. The maximum absolute atomic E-state index is 11.6. The van der Waals surface area contributed by atoms with Crippen LogP contribution in [-0.4, -0.2) is 36.5 Å². The van der Waals surface area contributed by atoms with E-state index in [2.05, 4.69) is 10.2 Å². The first-order valence-corrected chi connectivity index (χ1v) is 4.78. The van der Waals surface area contributed by atoms with E-state index < -0.39 is 0 Å². The van der Waals surface area contributed by atoms with Gasteiger partial charge >= 0.3 is 0 Å². The third-order valence-electron chi connectivity index (χ3n) is 2.75. The predicted molar refractivity (Wildman–Crippen MR) is 46.8 cm³/mol. The van der Waals surface area contributed by atoms with Crippen molar-refractivity contribution in [2.45, 2.75) is 37.8 Å². The number of nitrogens with zero attached hydrogens (tertiary/aromatic N) is 1. The van der Waals surface area contributed by atoms with Gasteiger partial charge in [-0.3, -0.25) is 9.69 Å². The molecule has 0 aromatic heterocycles. The molecule has 0 aromatic carbocycles. The Morgan fingerprint density at radius 1 is 1.42 bits per heavy atom. The third-order valence-corrected chi connectivity index (χ3v) is 2.75. The van der Waals surface area contributed by atoms with Gasteiger partial charge in [0.25, 0.3) is 0 Å². The highest BCUT2D eigenvalue weighted by molar-refractivity contribution is 5.82. The zero-order valence-corrected chi connectivity index (χ0v) is 7.55. The van der Waals surface area contributed by atoms with E-state index in [0.717, 1.165) is 13.0 Å². The molecule has 0 aromatic rings. The van der Waals surface area contributed by atoms with E-state index in [0.29, 0.717) is 6.04 Å². The lowest BCUT2D eigenvalue weighted by molar-refractivity contribution is -0.125. The van der Waals surface area contributed by atoms with Gasteiger partial charge in [-0.1, -0.05) is 0 Å². The maximum atomic E-state index is 11.6. The van der Waals surface area contributed by atoms with Crippen LogP contribution in [0, 0.1) is 0 Å². The molecule has 0 spiro atoms. The van der Waals surface area contributed by atoms with Crippen molar-refractivity contribution in [2.24, 2.45) is 0 Å². The van der Waals surface area contributed by atoms with Crippen LogP contribution >= 0.6 is 0 Å². The van der Waals surface area contributed by atoms with Crippen LogP contribution in [0.15, 0.2) is 0 Å². The van der Waals surface area contributed by atoms with Crippen LogP contribution in [0.2, 0.25) is 0 Å². The van der Waals surface area contributed by atoms with E-state index in [1.165, 1.54) is 19.3 Å². The van der Waals surface area contributed by atoms with Crippen LogP contribution in [0.1, 0.15) is 25.7 Å². The lowest BCUT2D eigenvalue weighted by Gasteiger charge is -2.18. The molecule has 0 radical (unpaired) electrons. The largest absolute Gasteiger partial charge is 0.352 e. The lowest BCUT2D eigenvalue weighted by atomic mass is 10.2. The number of hydrogen-bond donors (Lipinski definition) is 1. The van der Waals surface area contributed by atoms with Crippen molar-refractivity contribution in [1.29, 1.82) is 0 Å². The first-order chi connectivity index (χ1) is 5.77. The molecule has 1 saturated heterocycles. The smallest absolute Gasteiger partial charge is 0.237 e. The van der Waals surface area contributed by atoms with Crippen molar-refractivity contribution in [1.82, 2.24) is 10.2 Å². The van der Waals surface area contributed by atoms with Crippen molar-refractivity contribution in [2.75, 3.05) is 13.6 Å². The molecule has 1 amide bonds. The van der Waals surface area contributed by atoms with E-state index in [1.807, 2.05) is 7.05 Å². The van der Waals surface area contributed by atoms with Gasteiger partial charge in [-0.2, -0.15) is 0 Å². The molecule has 12 heavy (non-hydrogen) atoms. The minimum atomic E-state index is 0.158. The zero-order valence-electron chi connectivity index (χ0n) is 7.55. The predicted octanol–water partition coefficient (Wildman–Crippen LogP) is 0.359. The Balaban J connectivity index is 1.84. The van der Waals surface area contributed by atoms with Crippen LogP contribution in [-0.2, 0) is 4.79 Å². The number of rotatable bonds is 2. The molecule has 1 N–H and O–H groups in total. The van der Waals surface area contributed by atoms with E-state index in [1.54, 1.807) is 0 Å². The molecular weight excluding hydrogens is 152 g/mol. The summed E-state index contributed by atoms with van der Waals surface area (Å²) in [5, 5.41) is 3.05. The molecule has 3 heteroatoms. The van der Waals surface area contributed by atoms with Crippen molar-refractivity contribution in [3.63, 3.8) is 0 Å². The fourth-order valence-corrected chi connectivity index (χ4v) is 1.77. The van der Waals surface area contributed by atoms with Crippen molar-refractivity contribution >= 4 is 5.91 Å². The molecule has 1 aliphatic carbocycles. The maximum Gasteiger partial charge on any atom is 0.237 e. The molecule has 2 fully saturated rings. The lowest BCUT2D eigenvalue weighted by Crippen LogP contribution is -2.42. The highest BCUT2D eigenvalue weighted by atomic mass is 16.2. The van der Waals surface area contributed by atoms with Gasteiger partial charge in [-0.25, -0.2) is 0 Å². The molecule has 1 unspecified atom stereocenters. The van der Waals surface area contributed by atoms with E-state index in [9.17, 15) is 4.79 Å². The fourth-order valence-electron chi connectivity index (χ4n) is 1.77. The fraction of sp³-hybridized carbons (Fsp3) is 0.889. The van der Waals surface area contributed by atoms with Crippen LogP contribution in [0.25, 0.3) is 0 Å². The van der Waals surface area contributed by atoms with Crippen molar-refractivity contribution in [3.8, 4) is 0 Å². The number of carbonyl (C=O) groups is 1. The van der Waals surface area contributed by atoms with Crippen LogP contribution < -0.4 is 5.32 Å². The average Bonchev–Trinajstić information content (AvgIpc) is 2.72. The van der Waals surface area contributed by atoms with Crippen LogP contribution in [0.4, 0.5) is 0 Å². The number of likely N-dealkylation sites (tertiary alicyclic amines) is 1. The molecule has 68 valence electrons. The van der Waals surface area contributed by atoms with Gasteiger partial charge in [-0.15, -0.1) is 0 Å². The van der Waals surface area contributed by atoms with Gasteiger partial charge in [0.15, 0.2) is 0 Å². The Morgan fingerprint density at radius 2 is 2.17 bits per heavy atom. The second-order valence-corrected chi connectivity index (χ2v) is 3.92. The van der Waals surface area contributed by atoms with Gasteiger partial charge in [0, 0.05) is 6.04 Å². The molecule has 0 bridgehead atoms. The average molecular weight is 168 g/mol. The Bertz CT molecular complexity index is 189. The summed E-state index contributed by atoms with van der Waals surface area (Å²) in [6, 6.07) is 0.664. The molecule has 1 atom stereocenters. The van der Waals surface area contributed by atoms with Gasteiger partial charge < -0.3 is 5.32 Å². The van der Waals surface area contributed by atoms with E-state index in [-0.39, 0.29) is 11.9 Å². The Kier molecular flexibility index (Phi) is 2.05. The standard InChI is InChI=1S/C9H16N2O/c1-11-6-2-3-8(11)9(12)10-7-4-5-7/h7-8H,2-6H2,1H3,(H,10,12). The molecule has 1 saturated carbocycles. The molecule has 3 nitrogen and oxygen atoms in total. The van der Waals surface area contributed by atoms with Crippen LogP contribution in [0.3, 0.4) is 0 Å². The summed E-state index contributed by atoms with van der Waals surface area (Å²) in [5.74, 6) is 0.248. The number of amides is 1. The second kappa shape index (κ2) is 3.05. The first kappa shape index (κ1) is 8.05. The summed E-state index contributed by atoms with van der Waals surface area (Å²) in [6.45, 7) is 1.07. The molecule has 2 rings (SSSR count).